The van der Waals surface area contributed by atoms with E-state index in [0.717, 1.165) is 22.6 Å². The zero-order chi connectivity index (χ0) is 16.7. The summed E-state index contributed by atoms with van der Waals surface area (Å²) >= 11 is 0. The van der Waals surface area contributed by atoms with Crippen LogP contribution in [0, 0.1) is 0 Å². The van der Waals surface area contributed by atoms with Crippen LogP contribution in [-0.2, 0) is 4.43 Å². The van der Waals surface area contributed by atoms with E-state index < -0.39 is 8.32 Å². The largest absolute Gasteiger partial charge is 0.544 e. The number of rotatable bonds is 6. The van der Waals surface area contributed by atoms with Crippen molar-refractivity contribution >= 4 is 20.5 Å². The fourth-order valence-electron chi connectivity index (χ4n) is 2.07. The van der Waals surface area contributed by atoms with Gasteiger partial charge in [0, 0.05) is 0 Å². The lowest BCUT2D eigenvalue weighted by molar-refractivity contribution is 0.415. The molecule has 0 bridgehead atoms. The molecule has 0 amide bonds. The SMILES string of the molecule is COc1ccc(/C=C/C(=C\c2ccccc2)O[Si](C)(C)C)cc1. The van der Waals surface area contributed by atoms with E-state index in [2.05, 4.69) is 43.9 Å². The average Bonchev–Trinajstić information content (AvgIpc) is 2.53. The van der Waals surface area contributed by atoms with Gasteiger partial charge in [0.05, 0.1) is 7.11 Å². The maximum atomic E-state index is 6.20. The molecule has 0 saturated heterocycles. The van der Waals surface area contributed by atoms with Crippen molar-refractivity contribution in [3.8, 4) is 5.75 Å². The predicted octanol–water partition coefficient (Wildman–Crippen LogP) is 5.60. The van der Waals surface area contributed by atoms with Gasteiger partial charge in [0.15, 0.2) is 0 Å². The summed E-state index contributed by atoms with van der Waals surface area (Å²) in [6.07, 6.45) is 6.18. The van der Waals surface area contributed by atoms with Gasteiger partial charge in [-0.25, -0.2) is 0 Å². The zero-order valence-electron chi connectivity index (χ0n) is 14.2. The molecule has 2 rings (SSSR count). The molecule has 120 valence electrons. The molecule has 2 aromatic carbocycles. The quantitative estimate of drug-likeness (QED) is 0.391. The second-order valence-corrected chi connectivity index (χ2v) is 10.7. The first kappa shape index (κ1) is 17.1. The van der Waals surface area contributed by atoms with Crippen molar-refractivity contribution in [1.29, 1.82) is 0 Å². The number of hydrogen-bond acceptors (Lipinski definition) is 2. The first-order valence-corrected chi connectivity index (χ1v) is 11.1. The molecule has 2 aromatic rings. The van der Waals surface area contributed by atoms with Crippen LogP contribution < -0.4 is 4.74 Å². The summed E-state index contributed by atoms with van der Waals surface area (Å²) in [5.41, 5.74) is 2.25. The van der Waals surface area contributed by atoms with Crippen molar-refractivity contribution in [1.82, 2.24) is 0 Å². The summed E-state index contributed by atoms with van der Waals surface area (Å²) in [6, 6.07) is 18.2. The molecule has 0 unspecified atom stereocenters. The van der Waals surface area contributed by atoms with Gasteiger partial charge in [-0.3, -0.25) is 0 Å². The molecule has 23 heavy (non-hydrogen) atoms. The summed E-state index contributed by atoms with van der Waals surface area (Å²) < 4.78 is 11.4. The number of allylic oxidation sites excluding steroid dienone is 1. The van der Waals surface area contributed by atoms with Gasteiger partial charge in [0.1, 0.15) is 11.5 Å². The van der Waals surface area contributed by atoms with Crippen LogP contribution in [0.5, 0.6) is 5.75 Å². The third-order valence-corrected chi connectivity index (χ3v) is 3.94. The van der Waals surface area contributed by atoms with Crippen molar-refractivity contribution in [3.63, 3.8) is 0 Å². The van der Waals surface area contributed by atoms with E-state index >= 15 is 0 Å². The topological polar surface area (TPSA) is 18.5 Å². The first-order valence-electron chi connectivity index (χ1n) is 7.74. The molecular weight excluding hydrogens is 300 g/mol. The molecule has 0 atom stereocenters. The van der Waals surface area contributed by atoms with Gasteiger partial charge in [-0.1, -0.05) is 48.5 Å². The Morgan fingerprint density at radius 1 is 0.870 bits per heavy atom. The van der Waals surface area contributed by atoms with E-state index in [9.17, 15) is 0 Å². The summed E-state index contributed by atoms with van der Waals surface area (Å²) in [5, 5.41) is 0. The minimum atomic E-state index is -1.67. The van der Waals surface area contributed by atoms with Gasteiger partial charge in [-0.2, -0.15) is 0 Å². The summed E-state index contributed by atoms with van der Waals surface area (Å²) in [6.45, 7) is 6.56. The molecule has 0 saturated carbocycles. The number of methoxy groups -OCH3 is 1. The Morgan fingerprint density at radius 2 is 1.52 bits per heavy atom. The monoisotopic (exact) mass is 324 g/mol. The molecule has 0 aliphatic rings. The molecule has 3 heteroatoms. The van der Waals surface area contributed by atoms with Gasteiger partial charge >= 0.3 is 0 Å². The Hall–Kier alpha value is -2.26. The molecule has 2 nitrogen and oxygen atoms in total. The van der Waals surface area contributed by atoms with Gasteiger partial charge in [-0.05, 0) is 55.1 Å². The molecule has 0 aliphatic heterocycles. The van der Waals surface area contributed by atoms with E-state index in [4.69, 9.17) is 9.16 Å². The van der Waals surface area contributed by atoms with Crippen molar-refractivity contribution in [2.75, 3.05) is 7.11 Å². The summed E-state index contributed by atoms with van der Waals surface area (Å²) in [7, 11) is 0.00736. The second kappa shape index (κ2) is 7.84. The van der Waals surface area contributed by atoms with Crippen LogP contribution in [0.3, 0.4) is 0 Å². The van der Waals surface area contributed by atoms with E-state index in [-0.39, 0.29) is 0 Å². The minimum Gasteiger partial charge on any atom is -0.544 e. The van der Waals surface area contributed by atoms with Crippen LogP contribution in [0.1, 0.15) is 11.1 Å². The number of hydrogen-bond donors (Lipinski definition) is 0. The highest BCUT2D eigenvalue weighted by Crippen LogP contribution is 2.18. The smallest absolute Gasteiger partial charge is 0.242 e. The van der Waals surface area contributed by atoms with Crippen molar-refractivity contribution in [2.24, 2.45) is 0 Å². The van der Waals surface area contributed by atoms with Gasteiger partial charge in [0.2, 0.25) is 8.32 Å². The Bertz CT molecular complexity index is 665. The van der Waals surface area contributed by atoms with E-state index in [0.29, 0.717) is 0 Å². The van der Waals surface area contributed by atoms with Crippen LogP contribution in [0.4, 0.5) is 0 Å². The Morgan fingerprint density at radius 3 is 2.09 bits per heavy atom. The van der Waals surface area contributed by atoms with Crippen LogP contribution in [-0.4, -0.2) is 15.4 Å². The van der Waals surface area contributed by atoms with Crippen LogP contribution in [0.2, 0.25) is 19.6 Å². The average molecular weight is 324 g/mol. The molecule has 0 spiro atoms. The lowest BCUT2D eigenvalue weighted by atomic mass is 10.1. The highest BCUT2D eigenvalue weighted by atomic mass is 28.4. The molecule has 0 fully saturated rings. The van der Waals surface area contributed by atoms with Crippen molar-refractivity contribution in [2.45, 2.75) is 19.6 Å². The van der Waals surface area contributed by atoms with Crippen LogP contribution >= 0.6 is 0 Å². The molecule has 0 aromatic heterocycles. The maximum absolute atomic E-state index is 6.20. The first-order chi connectivity index (χ1) is 11.0. The zero-order valence-corrected chi connectivity index (χ0v) is 15.2. The highest BCUT2D eigenvalue weighted by molar-refractivity contribution is 6.70. The van der Waals surface area contributed by atoms with Gasteiger partial charge in [0.25, 0.3) is 0 Å². The van der Waals surface area contributed by atoms with Crippen molar-refractivity contribution < 1.29 is 9.16 Å². The molecule has 0 N–H and O–H groups in total. The van der Waals surface area contributed by atoms with E-state index in [1.807, 2.05) is 48.5 Å². The Kier molecular flexibility index (Phi) is 5.82. The maximum Gasteiger partial charge on any atom is 0.242 e. The van der Waals surface area contributed by atoms with E-state index in [1.54, 1.807) is 7.11 Å². The minimum absolute atomic E-state index is 0.862. The Labute approximate surface area is 140 Å². The lowest BCUT2D eigenvalue weighted by Gasteiger charge is -2.20. The second-order valence-electron chi connectivity index (χ2n) is 6.28. The third kappa shape index (κ3) is 6.16. The molecule has 0 radical (unpaired) electrons. The lowest BCUT2D eigenvalue weighted by Crippen LogP contribution is -2.24. The molecule has 0 heterocycles. The van der Waals surface area contributed by atoms with Crippen LogP contribution in [0.25, 0.3) is 12.2 Å². The molecule has 0 aliphatic carbocycles. The fraction of sp³-hybridized carbons (Fsp3) is 0.200. The van der Waals surface area contributed by atoms with Crippen molar-refractivity contribution in [3.05, 3.63) is 77.6 Å². The number of benzene rings is 2. The highest BCUT2D eigenvalue weighted by Gasteiger charge is 2.16. The molecular formula is C20H24O2Si. The van der Waals surface area contributed by atoms with Gasteiger partial charge in [-0.15, -0.1) is 0 Å². The predicted molar refractivity (Wildman–Crippen MR) is 101 cm³/mol. The third-order valence-electron chi connectivity index (χ3n) is 3.09. The normalized spacial score (nSPS) is 12.4. The standard InChI is InChI=1S/C20H24O2Si/c1-21-19-13-10-17(11-14-19)12-15-20(22-23(2,3)4)16-18-8-6-5-7-9-18/h5-16H,1-4H3/b15-12+,20-16+. The summed E-state index contributed by atoms with van der Waals surface area (Å²) in [5.74, 6) is 1.76. The number of ether oxygens (including phenoxy) is 1. The fourth-order valence-corrected chi connectivity index (χ4v) is 2.91. The summed E-state index contributed by atoms with van der Waals surface area (Å²) in [4.78, 5) is 0. The van der Waals surface area contributed by atoms with Gasteiger partial charge < -0.3 is 9.16 Å². The Balaban J connectivity index is 2.22. The van der Waals surface area contributed by atoms with E-state index in [1.165, 1.54) is 0 Å². The van der Waals surface area contributed by atoms with Crippen LogP contribution in [0.15, 0.2) is 66.4 Å².